The monoisotopic (exact) mass is 160 g/mol. The molecule has 4 heteroatoms. The van der Waals surface area contributed by atoms with Gasteiger partial charge in [-0.2, -0.15) is 12.6 Å². The van der Waals surface area contributed by atoms with Crippen molar-refractivity contribution < 1.29 is 14.7 Å². The zero-order valence-corrected chi connectivity index (χ0v) is 6.17. The molecule has 0 amide bonds. The number of thiol groups is 1. The van der Waals surface area contributed by atoms with Crippen molar-refractivity contribution in [2.75, 3.05) is 5.75 Å². The number of ketones is 1. The molecule has 0 aliphatic carbocycles. The van der Waals surface area contributed by atoms with Crippen LogP contribution in [0.15, 0.2) is 12.7 Å². The molecule has 0 radical (unpaired) electrons. The fourth-order valence-corrected chi connectivity index (χ4v) is 0.768. The average Bonchev–Trinajstić information content (AvgIpc) is 1.88. The van der Waals surface area contributed by atoms with Crippen LogP contribution >= 0.6 is 12.6 Å². The molecule has 0 aromatic heterocycles. The fraction of sp³-hybridized carbons (Fsp3) is 0.333. The second kappa shape index (κ2) is 4.11. The Kier molecular flexibility index (Phi) is 3.79. The van der Waals surface area contributed by atoms with Gasteiger partial charge in [0.2, 0.25) is 0 Å². The molecule has 56 valence electrons. The van der Waals surface area contributed by atoms with Gasteiger partial charge in [0.1, 0.15) is 5.92 Å². The lowest BCUT2D eigenvalue weighted by molar-refractivity contribution is -0.144. The molecular weight excluding hydrogens is 152 g/mol. The summed E-state index contributed by atoms with van der Waals surface area (Å²) >= 11 is 3.70. The third-order valence-corrected chi connectivity index (χ3v) is 1.39. The SMILES string of the molecule is C=CC(=O)C(CS)C(=O)O. The van der Waals surface area contributed by atoms with Crippen LogP contribution in [0.4, 0.5) is 0 Å². The third-order valence-electron chi connectivity index (χ3n) is 1.03. The van der Waals surface area contributed by atoms with E-state index in [1.165, 1.54) is 0 Å². The van der Waals surface area contributed by atoms with Gasteiger partial charge in [-0.25, -0.2) is 0 Å². The second-order valence-corrected chi connectivity index (χ2v) is 2.05. The third kappa shape index (κ3) is 2.23. The first-order chi connectivity index (χ1) is 4.63. The molecule has 0 fully saturated rings. The summed E-state index contributed by atoms with van der Waals surface area (Å²) in [4.78, 5) is 20.9. The molecule has 0 aromatic carbocycles. The smallest absolute Gasteiger partial charge is 0.315 e. The van der Waals surface area contributed by atoms with Gasteiger partial charge < -0.3 is 5.11 Å². The average molecular weight is 160 g/mol. The van der Waals surface area contributed by atoms with Gasteiger partial charge in [-0.1, -0.05) is 6.58 Å². The lowest BCUT2D eigenvalue weighted by Crippen LogP contribution is -2.23. The Bertz CT molecular complexity index is 164. The maximum Gasteiger partial charge on any atom is 0.315 e. The minimum Gasteiger partial charge on any atom is -0.481 e. The van der Waals surface area contributed by atoms with Crippen molar-refractivity contribution >= 4 is 24.4 Å². The number of aliphatic carboxylic acids is 1. The molecule has 0 aromatic rings. The summed E-state index contributed by atoms with van der Waals surface area (Å²) in [6, 6.07) is 0. The molecule has 0 rings (SSSR count). The van der Waals surface area contributed by atoms with Crippen LogP contribution in [0.2, 0.25) is 0 Å². The zero-order valence-electron chi connectivity index (χ0n) is 5.28. The normalized spacial score (nSPS) is 12.1. The van der Waals surface area contributed by atoms with Crippen molar-refractivity contribution in [3.63, 3.8) is 0 Å². The standard InChI is InChI=1S/C6H8O3S/c1-2-5(7)4(3-10)6(8)9/h2,4,10H,1,3H2,(H,8,9). The van der Waals surface area contributed by atoms with Crippen LogP contribution in [-0.4, -0.2) is 22.6 Å². The zero-order chi connectivity index (χ0) is 8.15. The van der Waals surface area contributed by atoms with Gasteiger partial charge in [-0.05, 0) is 6.08 Å². The van der Waals surface area contributed by atoms with Gasteiger partial charge in [0, 0.05) is 5.75 Å². The molecule has 1 N–H and O–H groups in total. The Morgan fingerprint density at radius 1 is 1.70 bits per heavy atom. The molecule has 0 heterocycles. The quantitative estimate of drug-likeness (QED) is 0.355. The van der Waals surface area contributed by atoms with E-state index in [0.29, 0.717) is 0 Å². The highest BCUT2D eigenvalue weighted by atomic mass is 32.1. The van der Waals surface area contributed by atoms with E-state index in [1.807, 2.05) is 0 Å². The first-order valence-corrected chi connectivity index (χ1v) is 3.26. The lowest BCUT2D eigenvalue weighted by atomic mass is 10.1. The number of allylic oxidation sites excluding steroid dienone is 1. The maximum absolute atomic E-state index is 10.6. The summed E-state index contributed by atoms with van der Waals surface area (Å²) in [5.41, 5.74) is 0. The maximum atomic E-state index is 10.6. The summed E-state index contributed by atoms with van der Waals surface area (Å²) in [5, 5.41) is 8.36. The lowest BCUT2D eigenvalue weighted by Gasteiger charge is -2.02. The fourth-order valence-electron chi connectivity index (χ4n) is 0.432. The Balaban J connectivity index is 4.20. The molecule has 0 saturated carbocycles. The van der Waals surface area contributed by atoms with Crippen LogP contribution in [0.25, 0.3) is 0 Å². The van der Waals surface area contributed by atoms with Gasteiger partial charge in [-0.3, -0.25) is 9.59 Å². The molecular formula is C6H8O3S. The van der Waals surface area contributed by atoms with E-state index in [-0.39, 0.29) is 5.75 Å². The molecule has 1 unspecified atom stereocenters. The molecule has 0 saturated heterocycles. The largest absolute Gasteiger partial charge is 0.481 e. The van der Waals surface area contributed by atoms with Crippen molar-refractivity contribution in [1.82, 2.24) is 0 Å². The number of carboxylic acids is 1. The number of carbonyl (C=O) groups excluding carboxylic acids is 1. The minimum absolute atomic E-state index is 0.0141. The van der Waals surface area contributed by atoms with E-state index in [0.717, 1.165) is 6.08 Å². The van der Waals surface area contributed by atoms with Crippen LogP contribution < -0.4 is 0 Å². The number of hydrogen-bond acceptors (Lipinski definition) is 3. The molecule has 0 bridgehead atoms. The van der Waals surface area contributed by atoms with Crippen LogP contribution in [0.5, 0.6) is 0 Å². The highest BCUT2D eigenvalue weighted by Crippen LogP contribution is 2.01. The van der Waals surface area contributed by atoms with E-state index < -0.39 is 17.7 Å². The second-order valence-electron chi connectivity index (χ2n) is 1.68. The summed E-state index contributed by atoms with van der Waals surface area (Å²) in [6.07, 6.45) is 0.995. The van der Waals surface area contributed by atoms with E-state index in [2.05, 4.69) is 19.2 Å². The van der Waals surface area contributed by atoms with Gasteiger partial charge in [0.15, 0.2) is 5.78 Å². The topological polar surface area (TPSA) is 54.4 Å². The van der Waals surface area contributed by atoms with Gasteiger partial charge >= 0.3 is 5.97 Å². The summed E-state index contributed by atoms with van der Waals surface area (Å²) < 4.78 is 0. The Morgan fingerprint density at radius 2 is 2.20 bits per heavy atom. The summed E-state index contributed by atoms with van der Waals surface area (Å²) in [7, 11) is 0. The van der Waals surface area contributed by atoms with Crippen LogP contribution in [0.1, 0.15) is 0 Å². The van der Waals surface area contributed by atoms with Gasteiger partial charge in [0.25, 0.3) is 0 Å². The first-order valence-electron chi connectivity index (χ1n) is 2.63. The molecule has 0 aliphatic rings. The first kappa shape index (κ1) is 9.23. The van der Waals surface area contributed by atoms with Crippen molar-refractivity contribution in [1.29, 1.82) is 0 Å². The van der Waals surface area contributed by atoms with E-state index >= 15 is 0 Å². The van der Waals surface area contributed by atoms with Gasteiger partial charge in [0.05, 0.1) is 0 Å². The van der Waals surface area contributed by atoms with Crippen LogP contribution in [-0.2, 0) is 9.59 Å². The van der Waals surface area contributed by atoms with Crippen LogP contribution in [0, 0.1) is 5.92 Å². The van der Waals surface area contributed by atoms with Gasteiger partial charge in [-0.15, -0.1) is 0 Å². The Hall–Kier alpha value is -0.770. The van der Waals surface area contributed by atoms with E-state index in [9.17, 15) is 9.59 Å². The summed E-state index contributed by atoms with van der Waals surface area (Å²) in [5.74, 6) is -2.68. The van der Waals surface area contributed by atoms with Crippen molar-refractivity contribution in [2.24, 2.45) is 5.92 Å². The predicted octanol–water partition coefficient (Wildman–Crippen LogP) is 0.372. The molecule has 0 aliphatic heterocycles. The van der Waals surface area contributed by atoms with Crippen molar-refractivity contribution in [3.8, 4) is 0 Å². The molecule has 10 heavy (non-hydrogen) atoms. The number of rotatable bonds is 4. The number of hydrogen-bond donors (Lipinski definition) is 2. The number of carboxylic acid groups (broad SMARTS) is 1. The predicted molar refractivity (Wildman–Crippen MR) is 40.2 cm³/mol. The molecule has 1 atom stereocenters. The minimum atomic E-state index is -1.15. The molecule has 0 spiro atoms. The Morgan fingerprint density at radius 3 is 2.30 bits per heavy atom. The highest BCUT2D eigenvalue weighted by Gasteiger charge is 2.21. The van der Waals surface area contributed by atoms with Crippen molar-refractivity contribution in [3.05, 3.63) is 12.7 Å². The van der Waals surface area contributed by atoms with Crippen LogP contribution in [0.3, 0.4) is 0 Å². The molecule has 3 nitrogen and oxygen atoms in total. The van der Waals surface area contributed by atoms with Crippen molar-refractivity contribution in [2.45, 2.75) is 0 Å². The van der Waals surface area contributed by atoms with E-state index in [1.54, 1.807) is 0 Å². The number of carbonyl (C=O) groups is 2. The highest BCUT2D eigenvalue weighted by molar-refractivity contribution is 7.80. The Labute approximate surface area is 64.1 Å². The summed E-state index contributed by atoms with van der Waals surface area (Å²) in [6.45, 7) is 3.17. The van der Waals surface area contributed by atoms with E-state index in [4.69, 9.17) is 5.11 Å².